The van der Waals surface area contributed by atoms with Crippen LogP contribution in [-0.4, -0.2) is 68.5 Å². The standard InChI is InChI=1S/C17H31N3O5S/c1-11(16(21)20(5)12-7-9-26(22,23)10-12)25-19-15(18)13-6-8-24-14(13)17(2,3)4/h11-14H,6-10H2,1-5H3,(H2,18,19)/t11?,12?,13-,14-/m0/s1. The van der Waals surface area contributed by atoms with Crippen LogP contribution in [0.1, 0.15) is 40.5 Å². The lowest BCUT2D eigenvalue weighted by Crippen LogP contribution is -2.43. The maximum absolute atomic E-state index is 12.5. The van der Waals surface area contributed by atoms with Gasteiger partial charge in [0.05, 0.1) is 17.6 Å². The van der Waals surface area contributed by atoms with Gasteiger partial charge in [-0.3, -0.25) is 4.79 Å². The number of sulfone groups is 1. The number of likely N-dealkylation sites (N-methyl/N-ethyl adjacent to an activating group) is 1. The van der Waals surface area contributed by atoms with E-state index in [-0.39, 0.29) is 40.9 Å². The molecule has 2 fully saturated rings. The SMILES string of the molecule is CC(ON=C(N)[C@H]1CCO[C@@H]1C(C)(C)C)C(=O)N(C)C1CCS(=O)(=O)C1. The lowest BCUT2D eigenvalue weighted by molar-refractivity contribution is -0.143. The van der Waals surface area contributed by atoms with Gasteiger partial charge in [0, 0.05) is 25.6 Å². The van der Waals surface area contributed by atoms with Crippen molar-refractivity contribution in [3.8, 4) is 0 Å². The van der Waals surface area contributed by atoms with Crippen molar-refractivity contribution in [2.45, 2.75) is 58.8 Å². The number of ether oxygens (including phenoxy) is 1. The van der Waals surface area contributed by atoms with Crippen LogP contribution in [0.4, 0.5) is 0 Å². The Balaban J connectivity index is 1.95. The van der Waals surface area contributed by atoms with E-state index in [9.17, 15) is 13.2 Å². The van der Waals surface area contributed by atoms with E-state index in [1.54, 1.807) is 14.0 Å². The van der Waals surface area contributed by atoms with Crippen molar-refractivity contribution in [1.29, 1.82) is 0 Å². The largest absolute Gasteiger partial charge is 0.384 e. The predicted octanol–water partition coefficient (Wildman–Crippen LogP) is 0.760. The Morgan fingerprint density at radius 3 is 2.54 bits per heavy atom. The minimum absolute atomic E-state index is 0.0000420. The fraction of sp³-hybridized carbons (Fsp3) is 0.882. The molecule has 4 atom stereocenters. The van der Waals surface area contributed by atoms with E-state index < -0.39 is 15.9 Å². The van der Waals surface area contributed by atoms with Gasteiger partial charge in [-0.1, -0.05) is 25.9 Å². The number of carbonyl (C=O) groups excluding carboxylic acids is 1. The molecule has 0 aliphatic carbocycles. The Morgan fingerprint density at radius 1 is 1.35 bits per heavy atom. The number of amidine groups is 1. The van der Waals surface area contributed by atoms with Crippen LogP contribution in [0.2, 0.25) is 0 Å². The Hall–Kier alpha value is -1.35. The molecule has 2 N–H and O–H groups in total. The fourth-order valence-electron chi connectivity index (χ4n) is 3.55. The van der Waals surface area contributed by atoms with Gasteiger partial charge in [-0.15, -0.1) is 0 Å². The molecular formula is C17H31N3O5S. The monoisotopic (exact) mass is 389 g/mol. The zero-order chi connectivity index (χ0) is 19.7. The van der Waals surface area contributed by atoms with Gasteiger partial charge in [0.2, 0.25) is 6.10 Å². The molecule has 2 aliphatic rings. The van der Waals surface area contributed by atoms with Crippen molar-refractivity contribution in [2.24, 2.45) is 22.2 Å². The molecule has 0 aromatic rings. The summed E-state index contributed by atoms with van der Waals surface area (Å²) in [5.74, 6) is 0.0906. The number of hydrogen-bond donors (Lipinski definition) is 1. The summed E-state index contributed by atoms with van der Waals surface area (Å²) in [7, 11) is -1.45. The van der Waals surface area contributed by atoms with Gasteiger partial charge in [-0.25, -0.2) is 8.42 Å². The molecule has 1 amide bonds. The quantitative estimate of drug-likeness (QED) is 0.422. The molecule has 2 rings (SSSR count). The number of rotatable bonds is 5. The normalized spacial score (nSPS) is 30.2. The van der Waals surface area contributed by atoms with E-state index in [0.717, 1.165) is 6.42 Å². The zero-order valence-electron chi connectivity index (χ0n) is 16.3. The van der Waals surface area contributed by atoms with E-state index in [0.29, 0.717) is 18.9 Å². The molecule has 2 unspecified atom stereocenters. The highest BCUT2D eigenvalue weighted by Crippen LogP contribution is 2.34. The van der Waals surface area contributed by atoms with Gasteiger partial charge in [0.25, 0.3) is 5.91 Å². The van der Waals surface area contributed by atoms with Gasteiger partial charge in [-0.05, 0) is 25.2 Å². The zero-order valence-corrected chi connectivity index (χ0v) is 17.1. The molecule has 2 heterocycles. The van der Waals surface area contributed by atoms with Crippen LogP contribution < -0.4 is 5.73 Å². The second-order valence-corrected chi connectivity index (χ2v) is 10.6. The van der Waals surface area contributed by atoms with Crippen LogP contribution in [0, 0.1) is 11.3 Å². The number of oxime groups is 1. The van der Waals surface area contributed by atoms with Crippen LogP contribution in [0.5, 0.6) is 0 Å². The predicted molar refractivity (Wildman–Crippen MR) is 99.3 cm³/mol. The highest BCUT2D eigenvalue weighted by molar-refractivity contribution is 7.91. The first-order chi connectivity index (χ1) is 11.9. The molecule has 150 valence electrons. The van der Waals surface area contributed by atoms with Gasteiger partial charge >= 0.3 is 0 Å². The second kappa shape index (κ2) is 7.72. The third-order valence-electron chi connectivity index (χ3n) is 5.09. The maximum Gasteiger partial charge on any atom is 0.266 e. The fourth-order valence-corrected chi connectivity index (χ4v) is 5.32. The minimum Gasteiger partial charge on any atom is -0.384 e. The van der Waals surface area contributed by atoms with Crippen LogP contribution >= 0.6 is 0 Å². The first-order valence-corrected chi connectivity index (χ1v) is 10.8. The Labute approximate surface area is 156 Å². The average molecular weight is 390 g/mol. The van der Waals surface area contributed by atoms with Gasteiger partial charge in [-0.2, -0.15) is 0 Å². The van der Waals surface area contributed by atoms with E-state index >= 15 is 0 Å². The van der Waals surface area contributed by atoms with E-state index in [1.807, 2.05) is 0 Å². The second-order valence-electron chi connectivity index (χ2n) is 8.32. The average Bonchev–Trinajstić information content (AvgIpc) is 3.16. The van der Waals surface area contributed by atoms with Crippen molar-refractivity contribution in [3.05, 3.63) is 0 Å². The van der Waals surface area contributed by atoms with Crippen molar-refractivity contribution in [2.75, 3.05) is 25.2 Å². The molecule has 0 aromatic heterocycles. The summed E-state index contributed by atoms with van der Waals surface area (Å²) in [6, 6.07) is -0.312. The molecule has 2 aliphatic heterocycles. The Kier molecular flexibility index (Phi) is 6.22. The third kappa shape index (κ3) is 4.88. The number of hydrogen-bond acceptors (Lipinski definition) is 6. The molecule has 9 heteroatoms. The molecule has 8 nitrogen and oxygen atoms in total. The first-order valence-electron chi connectivity index (χ1n) is 9.00. The minimum atomic E-state index is -3.05. The number of nitrogens with two attached hydrogens (primary N) is 1. The van der Waals surface area contributed by atoms with Crippen molar-refractivity contribution < 1.29 is 22.8 Å². The summed E-state index contributed by atoms with van der Waals surface area (Å²) in [5.41, 5.74) is 6.02. The van der Waals surface area contributed by atoms with E-state index in [4.69, 9.17) is 15.3 Å². The highest BCUT2D eigenvalue weighted by atomic mass is 32.2. The molecule has 2 saturated heterocycles. The van der Waals surface area contributed by atoms with Crippen molar-refractivity contribution >= 4 is 21.6 Å². The highest BCUT2D eigenvalue weighted by Gasteiger charge is 2.40. The van der Waals surface area contributed by atoms with Gasteiger partial charge < -0.3 is 20.2 Å². The third-order valence-corrected chi connectivity index (χ3v) is 6.84. The van der Waals surface area contributed by atoms with E-state index in [1.165, 1.54) is 4.90 Å². The number of carbonyl (C=O) groups is 1. The number of amides is 1. The lowest BCUT2D eigenvalue weighted by Gasteiger charge is -2.30. The van der Waals surface area contributed by atoms with Crippen LogP contribution in [-0.2, 0) is 24.2 Å². The van der Waals surface area contributed by atoms with Gasteiger partial charge in [0.15, 0.2) is 9.84 Å². The summed E-state index contributed by atoms with van der Waals surface area (Å²) >= 11 is 0. The Bertz CT molecular complexity index is 656. The summed E-state index contributed by atoms with van der Waals surface area (Å²) in [6.45, 7) is 8.46. The first kappa shape index (κ1) is 21.0. The molecule has 26 heavy (non-hydrogen) atoms. The lowest BCUT2D eigenvalue weighted by atomic mass is 9.81. The summed E-state index contributed by atoms with van der Waals surface area (Å²) in [4.78, 5) is 19.3. The smallest absolute Gasteiger partial charge is 0.266 e. The molecular weight excluding hydrogens is 358 g/mol. The summed E-state index contributed by atoms with van der Waals surface area (Å²) < 4.78 is 29.0. The molecule has 0 bridgehead atoms. The van der Waals surface area contributed by atoms with Crippen molar-refractivity contribution in [3.63, 3.8) is 0 Å². The molecule has 0 saturated carbocycles. The van der Waals surface area contributed by atoms with Crippen LogP contribution in [0.15, 0.2) is 5.16 Å². The van der Waals surface area contributed by atoms with Crippen LogP contribution in [0.3, 0.4) is 0 Å². The Morgan fingerprint density at radius 2 is 2.00 bits per heavy atom. The molecule has 0 radical (unpaired) electrons. The molecule has 0 spiro atoms. The van der Waals surface area contributed by atoms with Crippen LogP contribution in [0.25, 0.3) is 0 Å². The van der Waals surface area contributed by atoms with Gasteiger partial charge in [0.1, 0.15) is 5.84 Å². The van der Waals surface area contributed by atoms with Crippen molar-refractivity contribution in [1.82, 2.24) is 4.90 Å². The number of nitrogens with zero attached hydrogens (tertiary/aromatic N) is 2. The van der Waals surface area contributed by atoms with E-state index in [2.05, 4.69) is 25.9 Å². The molecule has 0 aromatic carbocycles. The topological polar surface area (TPSA) is 111 Å². The maximum atomic E-state index is 12.5. The summed E-state index contributed by atoms with van der Waals surface area (Å²) in [6.07, 6.45) is 0.336. The summed E-state index contributed by atoms with van der Waals surface area (Å²) in [5, 5.41) is 3.98.